The third-order valence-electron chi connectivity index (χ3n) is 4.53. The van der Waals surface area contributed by atoms with Gasteiger partial charge in [0.05, 0.1) is 6.20 Å². The highest BCUT2D eigenvalue weighted by Gasteiger charge is 2.36. The molecule has 0 radical (unpaired) electrons. The van der Waals surface area contributed by atoms with Crippen LogP contribution < -0.4 is 5.73 Å². The van der Waals surface area contributed by atoms with E-state index in [1.807, 2.05) is 42.5 Å². The van der Waals surface area contributed by atoms with E-state index in [1.165, 1.54) is 12.3 Å². The highest BCUT2D eigenvalue weighted by Crippen LogP contribution is 2.40. The first-order valence-electron chi connectivity index (χ1n) is 8.67. The van der Waals surface area contributed by atoms with Crippen LogP contribution in [0.1, 0.15) is 30.5 Å². The molecule has 5 nitrogen and oxygen atoms in total. The number of aromatic nitrogens is 1. The van der Waals surface area contributed by atoms with Crippen molar-refractivity contribution in [3.8, 4) is 11.1 Å². The van der Waals surface area contributed by atoms with Gasteiger partial charge in [-0.15, -0.1) is 0 Å². The van der Waals surface area contributed by atoms with E-state index >= 15 is 0 Å². The zero-order valence-electron chi connectivity index (χ0n) is 15.6. The van der Waals surface area contributed by atoms with Crippen LogP contribution in [-0.2, 0) is 10.3 Å². The molecule has 1 atom stereocenters. The molecule has 142 valence electrons. The van der Waals surface area contributed by atoms with E-state index in [0.29, 0.717) is 5.84 Å². The van der Waals surface area contributed by atoms with Gasteiger partial charge in [0.1, 0.15) is 17.2 Å². The van der Waals surface area contributed by atoms with Crippen molar-refractivity contribution in [1.82, 2.24) is 4.98 Å². The summed E-state index contributed by atoms with van der Waals surface area (Å²) in [4.78, 5) is 17.6. The number of amidine groups is 1. The number of benzene rings is 2. The molecule has 1 aromatic heterocycles. The van der Waals surface area contributed by atoms with Crippen molar-refractivity contribution in [1.29, 1.82) is 0 Å². The van der Waals surface area contributed by atoms with Crippen LogP contribution in [0.2, 0.25) is 0 Å². The second-order valence-electron chi connectivity index (χ2n) is 6.61. The van der Waals surface area contributed by atoms with Gasteiger partial charge >= 0.3 is 0 Å². The standard InChI is InChI=1S/C20H16FN3.C2H4O2/c1-20(18-8-3-2-7-17(18)19(22)24-20)15-6-4-5-13(9-15)14-10-16(21)12-23-11-14;1-2(3)4/h2-12H,1H3,(H2,22,24);1H3,(H,3,4). The minimum absolute atomic E-state index is 0.349. The molecule has 0 saturated heterocycles. The Morgan fingerprint density at radius 3 is 2.50 bits per heavy atom. The Morgan fingerprint density at radius 1 is 1.07 bits per heavy atom. The van der Waals surface area contributed by atoms with Gasteiger partial charge in [-0.1, -0.05) is 42.5 Å². The number of fused-ring (bicyclic) bond motifs is 1. The first kappa shape index (κ1) is 19.2. The van der Waals surface area contributed by atoms with Crippen LogP contribution in [0.3, 0.4) is 0 Å². The number of carbonyl (C=O) groups is 1. The van der Waals surface area contributed by atoms with E-state index in [0.717, 1.165) is 34.7 Å². The van der Waals surface area contributed by atoms with E-state index in [9.17, 15) is 4.39 Å². The van der Waals surface area contributed by atoms with Crippen molar-refractivity contribution in [2.75, 3.05) is 0 Å². The van der Waals surface area contributed by atoms with Crippen LogP contribution in [0.15, 0.2) is 72.0 Å². The van der Waals surface area contributed by atoms with Crippen LogP contribution in [0.4, 0.5) is 4.39 Å². The number of rotatable bonds is 2. The van der Waals surface area contributed by atoms with Crippen LogP contribution in [-0.4, -0.2) is 21.9 Å². The number of nitrogens with two attached hydrogens (primary N) is 1. The van der Waals surface area contributed by atoms with E-state index in [-0.39, 0.29) is 5.82 Å². The number of halogens is 1. The summed E-state index contributed by atoms with van der Waals surface area (Å²) < 4.78 is 13.5. The first-order valence-corrected chi connectivity index (χ1v) is 8.67. The number of carboxylic acids is 1. The van der Waals surface area contributed by atoms with Gasteiger partial charge in [-0.25, -0.2) is 4.39 Å². The average molecular weight is 377 g/mol. The molecule has 4 rings (SSSR count). The van der Waals surface area contributed by atoms with Crippen LogP contribution >= 0.6 is 0 Å². The van der Waals surface area contributed by atoms with Crippen molar-refractivity contribution in [2.24, 2.45) is 10.7 Å². The Bertz CT molecular complexity index is 1060. The highest BCUT2D eigenvalue weighted by molar-refractivity contribution is 6.02. The molecule has 28 heavy (non-hydrogen) atoms. The van der Waals surface area contributed by atoms with Crippen LogP contribution in [0.5, 0.6) is 0 Å². The van der Waals surface area contributed by atoms with Gasteiger partial charge in [-0.3, -0.25) is 14.8 Å². The van der Waals surface area contributed by atoms with Crippen molar-refractivity contribution in [3.63, 3.8) is 0 Å². The quantitative estimate of drug-likeness (QED) is 0.707. The zero-order chi connectivity index (χ0) is 20.3. The number of aliphatic imine (C=N–C) groups is 1. The third kappa shape index (κ3) is 3.76. The molecule has 1 aliphatic heterocycles. The van der Waals surface area contributed by atoms with Gasteiger partial charge in [0, 0.05) is 24.2 Å². The Kier molecular flexibility index (Phi) is 5.22. The van der Waals surface area contributed by atoms with Gasteiger partial charge in [-0.2, -0.15) is 0 Å². The normalized spacial score (nSPS) is 17.2. The molecular weight excluding hydrogens is 357 g/mol. The lowest BCUT2D eigenvalue weighted by Gasteiger charge is -2.24. The van der Waals surface area contributed by atoms with E-state index in [1.54, 1.807) is 6.20 Å². The van der Waals surface area contributed by atoms with Crippen LogP contribution in [0, 0.1) is 5.82 Å². The van der Waals surface area contributed by atoms with E-state index in [4.69, 9.17) is 20.6 Å². The summed E-state index contributed by atoms with van der Waals surface area (Å²) in [6.45, 7) is 3.13. The highest BCUT2D eigenvalue weighted by atomic mass is 19.1. The van der Waals surface area contributed by atoms with Gasteiger partial charge < -0.3 is 10.8 Å². The molecule has 0 aliphatic carbocycles. The van der Waals surface area contributed by atoms with Crippen molar-refractivity contribution < 1.29 is 14.3 Å². The Labute approximate surface area is 162 Å². The number of hydrogen-bond acceptors (Lipinski definition) is 4. The smallest absolute Gasteiger partial charge is 0.300 e. The molecule has 6 heteroatoms. The molecule has 2 heterocycles. The van der Waals surface area contributed by atoms with Crippen molar-refractivity contribution >= 4 is 11.8 Å². The van der Waals surface area contributed by atoms with Crippen molar-refractivity contribution in [3.05, 3.63) is 89.5 Å². The maximum Gasteiger partial charge on any atom is 0.300 e. The molecule has 2 aromatic carbocycles. The molecule has 0 saturated carbocycles. The van der Waals surface area contributed by atoms with E-state index in [2.05, 4.69) is 18.0 Å². The summed E-state index contributed by atoms with van der Waals surface area (Å²) in [7, 11) is 0. The van der Waals surface area contributed by atoms with Crippen molar-refractivity contribution in [2.45, 2.75) is 19.4 Å². The van der Waals surface area contributed by atoms with Gasteiger partial charge in [0.25, 0.3) is 5.97 Å². The number of hydrogen-bond donors (Lipinski definition) is 2. The summed E-state index contributed by atoms with van der Waals surface area (Å²) in [6, 6.07) is 17.4. The summed E-state index contributed by atoms with van der Waals surface area (Å²) in [5.41, 5.74) is 10.3. The zero-order valence-corrected chi connectivity index (χ0v) is 15.6. The first-order chi connectivity index (χ1) is 13.3. The second kappa shape index (κ2) is 7.60. The largest absolute Gasteiger partial charge is 0.481 e. The van der Waals surface area contributed by atoms with Gasteiger partial charge in [-0.05, 0) is 35.7 Å². The minimum Gasteiger partial charge on any atom is -0.481 e. The number of nitrogens with zero attached hydrogens (tertiary/aromatic N) is 2. The Balaban J connectivity index is 0.000000516. The average Bonchev–Trinajstić information content (AvgIpc) is 2.94. The molecule has 1 aliphatic rings. The molecule has 3 aromatic rings. The molecule has 0 amide bonds. The lowest BCUT2D eigenvalue weighted by atomic mass is 9.84. The summed E-state index contributed by atoms with van der Waals surface area (Å²) in [6.07, 6.45) is 2.86. The predicted molar refractivity (Wildman–Crippen MR) is 107 cm³/mol. The molecule has 1 unspecified atom stereocenters. The minimum atomic E-state index is -0.833. The third-order valence-corrected chi connectivity index (χ3v) is 4.53. The summed E-state index contributed by atoms with van der Waals surface area (Å²) in [5.74, 6) is -0.636. The SMILES string of the molecule is CC(=O)O.CC1(c2cccc(-c3cncc(F)c3)c2)N=C(N)c2ccccc21. The maximum atomic E-state index is 13.5. The summed E-state index contributed by atoms with van der Waals surface area (Å²) >= 11 is 0. The lowest BCUT2D eigenvalue weighted by Crippen LogP contribution is -2.18. The number of pyridine rings is 1. The fraction of sp³-hybridized carbons (Fsp3) is 0.136. The molecule has 3 N–H and O–H groups in total. The maximum absolute atomic E-state index is 13.5. The molecule has 0 spiro atoms. The monoisotopic (exact) mass is 377 g/mol. The second-order valence-corrected chi connectivity index (χ2v) is 6.61. The van der Waals surface area contributed by atoms with Gasteiger partial charge in [0.2, 0.25) is 0 Å². The number of carboxylic acid groups (broad SMARTS) is 1. The number of aliphatic carboxylic acids is 1. The molecular formula is C22H20FN3O2. The Morgan fingerprint density at radius 2 is 1.79 bits per heavy atom. The van der Waals surface area contributed by atoms with Crippen LogP contribution in [0.25, 0.3) is 11.1 Å². The summed E-state index contributed by atoms with van der Waals surface area (Å²) in [5, 5.41) is 7.42. The Hall–Kier alpha value is -3.54. The van der Waals surface area contributed by atoms with E-state index < -0.39 is 11.5 Å². The topological polar surface area (TPSA) is 88.6 Å². The predicted octanol–water partition coefficient (Wildman–Crippen LogP) is 3.96. The fourth-order valence-electron chi connectivity index (χ4n) is 3.28. The lowest BCUT2D eigenvalue weighted by molar-refractivity contribution is -0.134. The molecule has 0 fully saturated rings. The fourth-order valence-corrected chi connectivity index (χ4v) is 3.28. The van der Waals surface area contributed by atoms with Gasteiger partial charge in [0.15, 0.2) is 0 Å². The molecule has 0 bridgehead atoms.